The molecule has 0 spiro atoms. The normalized spacial score (nSPS) is 21.2. The van der Waals surface area contributed by atoms with Crippen LogP contribution in [0.5, 0.6) is 0 Å². The minimum atomic E-state index is -4.57. The Balaban J connectivity index is 1.92. The first-order valence-corrected chi connectivity index (χ1v) is 6.69. The van der Waals surface area contributed by atoms with Gasteiger partial charge in [-0.1, -0.05) is 0 Å². The first-order valence-electron chi connectivity index (χ1n) is 6.69. The van der Waals surface area contributed by atoms with Crippen LogP contribution in [-0.4, -0.2) is 21.9 Å². The molecule has 0 bridgehead atoms. The second kappa shape index (κ2) is 5.82. The van der Waals surface area contributed by atoms with Crippen molar-refractivity contribution < 1.29 is 22.0 Å². The number of rotatable bonds is 3. The van der Waals surface area contributed by atoms with Gasteiger partial charge in [-0.15, -0.1) is 0 Å². The fourth-order valence-corrected chi connectivity index (χ4v) is 2.54. The summed E-state index contributed by atoms with van der Waals surface area (Å²) in [5, 5.41) is 0. The minimum Gasteiger partial charge on any atom is -0.327 e. The number of nitrogens with zero attached hydrogens (tertiary/aromatic N) is 2. The SMILES string of the molecule is NC(Cc1cnc(C(F)(F)F)nc1)C1CCC(F)(F)CC1. The van der Waals surface area contributed by atoms with Gasteiger partial charge in [0, 0.05) is 31.3 Å². The third kappa shape index (κ3) is 4.33. The van der Waals surface area contributed by atoms with E-state index in [1.54, 1.807) is 0 Å². The van der Waals surface area contributed by atoms with Crippen LogP contribution in [-0.2, 0) is 12.6 Å². The van der Waals surface area contributed by atoms with Crippen molar-refractivity contribution >= 4 is 0 Å². The third-order valence-corrected chi connectivity index (χ3v) is 3.80. The second-order valence-electron chi connectivity index (χ2n) is 5.47. The standard InChI is InChI=1S/C13H16F5N3/c14-12(15)3-1-9(2-4-12)10(19)5-8-6-20-11(21-7-8)13(16,17)18/h6-7,9-10H,1-5,19H2. The molecule has 1 atom stereocenters. The summed E-state index contributed by atoms with van der Waals surface area (Å²) in [6, 6.07) is -0.374. The Morgan fingerprint density at radius 2 is 1.71 bits per heavy atom. The van der Waals surface area contributed by atoms with Gasteiger partial charge >= 0.3 is 6.18 Å². The van der Waals surface area contributed by atoms with Crippen molar-refractivity contribution in [2.24, 2.45) is 11.7 Å². The molecule has 2 rings (SSSR count). The van der Waals surface area contributed by atoms with E-state index in [1.807, 2.05) is 0 Å². The lowest BCUT2D eigenvalue weighted by Crippen LogP contribution is -2.37. The van der Waals surface area contributed by atoms with Gasteiger partial charge in [0.25, 0.3) is 0 Å². The van der Waals surface area contributed by atoms with Crippen LogP contribution in [0.25, 0.3) is 0 Å². The number of alkyl halides is 5. The van der Waals surface area contributed by atoms with Gasteiger partial charge in [0.15, 0.2) is 0 Å². The van der Waals surface area contributed by atoms with Crippen molar-refractivity contribution in [1.29, 1.82) is 0 Å². The Morgan fingerprint density at radius 3 is 2.19 bits per heavy atom. The summed E-state index contributed by atoms with van der Waals surface area (Å²) in [6.07, 6.45) is -1.82. The van der Waals surface area contributed by atoms with Crippen LogP contribution in [0.3, 0.4) is 0 Å². The molecule has 0 saturated heterocycles. The Bertz CT molecular complexity index is 462. The van der Waals surface area contributed by atoms with Crippen molar-refractivity contribution in [1.82, 2.24) is 9.97 Å². The number of hydrogen-bond donors (Lipinski definition) is 1. The van der Waals surface area contributed by atoms with Crippen molar-refractivity contribution in [3.63, 3.8) is 0 Å². The zero-order chi connectivity index (χ0) is 15.7. The Labute approximate surface area is 118 Å². The highest BCUT2D eigenvalue weighted by atomic mass is 19.4. The van der Waals surface area contributed by atoms with Gasteiger partial charge in [-0.2, -0.15) is 13.2 Å². The van der Waals surface area contributed by atoms with E-state index in [4.69, 9.17) is 5.73 Å². The Morgan fingerprint density at radius 1 is 1.19 bits per heavy atom. The van der Waals surface area contributed by atoms with Crippen LogP contribution in [0.1, 0.15) is 37.1 Å². The molecule has 1 saturated carbocycles. The van der Waals surface area contributed by atoms with E-state index in [9.17, 15) is 22.0 Å². The molecule has 1 aliphatic rings. The van der Waals surface area contributed by atoms with Gasteiger partial charge in [0.1, 0.15) is 0 Å². The molecule has 0 amide bonds. The van der Waals surface area contributed by atoms with Crippen LogP contribution >= 0.6 is 0 Å². The fourth-order valence-electron chi connectivity index (χ4n) is 2.54. The van der Waals surface area contributed by atoms with E-state index in [0.717, 1.165) is 12.4 Å². The molecule has 2 N–H and O–H groups in total. The topological polar surface area (TPSA) is 51.8 Å². The third-order valence-electron chi connectivity index (χ3n) is 3.80. The van der Waals surface area contributed by atoms with Gasteiger partial charge in [-0.25, -0.2) is 18.7 Å². The van der Waals surface area contributed by atoms with Crippen LogP contribution in [0.4, 0.5) is 22.0 Å². The summed E-state index contributed by atoms with van der Waals surface area (Å²) in [5.74, 6) is -3.86. The first-order chi connectivity index (χ1) is 9.67. The molecular weight excluding hydrogens is 293 g/mol. The van der Waals surface area contributed by atoms with Crippen molar-refractivity contribution in [3.8, 4) is 0 Å². The Hall–Kier alpha value is -1.31. The van der Waals surface area contributed by atoms with Gasteiger partial charge in [-0.05, 0) is 30.7 Å². The van der Waals surface area contributed by atoms with E-state index in [2.05, 4.69) is 9.97 Å². The smallest absolute Gasteiger partial charge is 0.327 e. The average molecular weight is 309 g/mol. The maximum atomic E-state index is 13.1. The molecule has 3 nitrogen and oxygen atoms in total. The lowest BCUT2D eigenvalue weighted by Gasteiger charge is -2.31. The maximum Gasteiger partial charge on any atom is 0.451 e. The molecule has 8 heteroatoms. The molecule has 1 aromatic heterocycles. The highest BCUT2D eigenvalue weighted by Gasteiger charge is 2.37. The molecule has 21 heavy (non-hydrogen) atoms. The molecule has 0 aliphatic heterocycles. The van der Waals surface area contributed by atoms with E-state index < -0.39 is 17.9 Å². The second-order valence-corrected chi connectivity index (χ2v) is 5.47. The molecular formula is C13H16F5N3. The Kier molecular flexibility index (Phi) is 4.46. The monoisotopic (exact) mass is 309 g/mol. The predicted molar refractivity (Wildman–Crippen MR) is 65.6 cm³/mol. The molecule has 1 heterocycles. The van der Waals surface area contributed by atoms with Crippen molar-refractivity contribution in [2.45, 2.75) is 50.2 Å². The van der Waals surface area contributed by atoms with E-state index >= 15 is 0 Å². The fraction of sp³-hybridized carbons (Fsp3) is 0.692. The summed E-state index contributed by atoms with van der Waals surface area (Å²) >= 11 is 0. The van der Waals surface area contributed by atoms with E-state index in [1.165, 1.54) is 0 Å². The lowest BCUT2D eigenvalue weighted by atomic mass is 9.81. The van der Waals surface area contributed by atoms with Crippen molar-refractivity contribution in [2.75, 3.05) is 0 Å². The van der Waals surface area contributed by atoms with Crippen LogP contribution in [0, 0.1) is 5.92 Å². The zero-order valence-electron chi connectivity index (χ0n) is 11.2. The number of hydrogen-bond acceptors (Lipinski definition) is 3. The molecule has 0 aromatic carbocycles. The molecule has 1 aromatic rings. The minimum absolute atomic E-state index is 0.0492. The summed E-state index contributed by atoms with van der Waals surface area (Å²) in [5.41, 5.74) is 6.45. The zero-order valence-corrected chi connectivity index (χ0v) is 11.2. The van der Waals surface area contributed by atoms with Gasteiger partial charge in [0.05, 0.1) is 0 Å². The predicted octanol–water partition coefficient (Wildman–Crippen LogP) is 3.19. The number of nitrogens with two attached hydrogens (primary N) is 1. The van der Waals surface area contributed by atoms with Gasteiger partial charge in [0.2, 0.25) is 11.7 Å². The van der Waals surface area contributed by atoms with Crippen LogP contribution in [0.2, 0.25) is 0 Å². The highest BCUT2D eigenvalue weighted by molar-refractivity contribution is 5.09. The molecule has 1 fully saturated rings. The molecule has 1 aliphatic carbocycles. The summed E-state index contributed by atoms with van der Waals surface area (Å²) in [4.78, 5) is 6.52. The molecule has 0 radical (unpaired) electrons. The number of aromatic nitrogens is 2. The van der Waals surface area contributed by atoms with E-state index in [-0.39, 0.29) is 31.2 Å². The van der Waals surface area contributed by atoms with Gasteiger partial charge < -0.3 is 5.73 Å². The first kappa shape index (κ1) is 16.1. The quantitative estimate of drug-likeness (QED) is 0.872. The van der Waals surface area contributed by atoms with Crippen LogP contribution < -0.4 is 5.73 Å². The summed E-state index contributed by atoms with van der Waals surface area (Å²) in [7, 11) is 0. The highest BCUT2D eigenvalue weighted by Crippen LogP contribution is 2.37. The lowest BCUT2D eigenvalue weighted by molar-refractivity contribution is -0.145. The molecule has 118 valence electrons. The summed E-state index contributed by atoms with van der Waals surface area (Å²) in [6.45, 7) is 0. The maximum absolute atomic E-state index is 13.1. The van der Waals surface area contributed by atoms with Gasteiger partial charge in [-0.3, -0.25) is 0 Å². The van der Waals surface area contributed by atoms with Crippen LogP contribution in [0.15, 0.2) is 12.4 Å². The summed E-state index contributed by atoms with van der Waals surface area (Å²) < 4.78 is 63.1. The van der Waals surface area contributed by atoms with Crippen molar-refractivity contribution in [3.05, 3.63) is 23.8 Å². The van der Waals surface area contributed by atoms with E-state index in [0.29, 0.717) is 18.4 Å². The number of halogens is 5. The largest absolute Gasteiger partial charge is 0.451 e. The molecule has 1 unspecified atom stereocenters. The average Bonchev–Trinajstić information content (AvgIpc) is 2.38.